The number of hydrogen-bond acceptors (Lipinski definition) is 16. The fraction of sp³-hybridized carbons (Fsp3) is 1.00. The second-order valence-corrected chi connectivity index (χ2v) is 8.10. The van der Waals surface area contributed by atoms with Crippen molar-refractivity contribution in [1.82, 2.24) is 0 Å². The largest absolute Gasteiger partial charge is 0.394 e. The molecule has 0 unspecified atom stereocenters. The lowest BCUT2D eigenvalue weighted by Crippen LogP contribution is -2.65. The summed E-state index contributed by atoms with van der Waals surface area (Å²) in [6.07, 6.45) is -24.7. The van der Waals surface area contributed by atoms with Crippen molar-refractivity contribution in [3.63, 3.8) is 0 Å². The minimum atomic E-state index is -1.98. The van der Waals surface area contributed by atoms with Crippen LogP contribution in [0.5, 0.6) is 0 Å². The van der Waals surface area contributed by atoms with Crippen molar-refractivity contribution in [3.05, 3.63) is 0 Å². The van der Waals surface area contributed by atoms with E-state index in [-0.39, 0.29) is 0 Å². The van der Waals surface area contributed by atoms with Crippen LogP contribution in [0.3, 0.4) is 0 Å². The molecule has 16 nitrogen and oxygen atoms in total. The molecule has 0 spiro atoms. The highest BCUT2D eigenvalue weighted by molar-refractivity contribution is 4.95. The summed E-state index contributed by atoms with van der Waals surface area (Å²) in [5.41, 5.74) is 0. The minimum Gasteiger partial charge on any atom is -0.394 e. The van der Waals surface area contributed by atoms with E-state index in [2.05, 4.69) is 0 Å². The molecule has 0 aromatic carbocycles. The second kappa shape index (κ2) is 13.1. The summed E-state index contributed by atoms with van der Waals surface area (Å²) in [5, 5.41) is 118. The van der Waals surface area contributed by atoms with Gasteiger partial charge in [-0.1, -0.05) is 0 Å². The zero-order chi connectivity index (χ0) is 25.7. The lowest BCUT2D eigenvalue weighted by Gasteiger charge is -2.46. The second-order valence-electron chi connectivity index (χ2n) is 8.10. The van der Waals surface area contributed by atoms with E-state index in [1.54, 1.807) is 0 Å². The maximum absolute atomic E-state index is 10.6. The van der Waals surface area contributed by atoms with Crippen molar-refractivity contribution in [2.24, 2.45) is 0 Å². The monoisotopic (exact) mass is 506 g/mol. The summed E-state index contributed by atoms with van der Waals surface area (Å²) in [6, 6.07) is 0. The summed E-state index contributed by atoms with van der Waals surface area (Å²) >= 11 is 0. The van der Waals surface area contributed by atoms with Gasteiger partial charge in [0.25, 0.3) is 0 Å². The number of aliphatic hydroxyl groups excluding tert-OH is 12. The van der Waals surface area contributed by atoms with E-state index in [1.807, 2.05) is 0 Å². The van der Waals surface area contributed by atoms with Crippen molar-refractivity contribution >= 4 is 0 Å². The molecule has 0 aromatic rings. The van der Waals surface area contributed by atoms with Gasteiger partial charge in [0.1, 0.15) is 73.2 Å². The Balaban J connectivity index is 2.17. The molecule has 0 aromatic heterocycles. The Bertz CT molecular complexity index is 594. The van der Waals surface area contributed by atoms with Crippen molar-refractivity contribution in [2.75, 3.05) is 26.4 Å². The molecule has 2 rings (SSSR count). The Labute approximate surface area is 193 Å². The highest BCUT2D eigenvalue weighted by atomic mass is 16.7. The van der Waals surface area contributed by atoms with Crippen LogP contribution >= 0.6 is 0 Å². The molecule has 2 saturated heterocycles. The van der Waals surface area contributed by atoms with E-state index in [0.29, 0.717) is 0 Å². The summed E-state index contributed by atoms with van der Waals surface area (Å²) in [6.45, 7) is -3.52. The smallest absolute Gasteiger partial charge is 0.187 e. The van der Waals surface area contributed by atoms with Crippen LogP contribution in [0.1, 0.15) is 0 Å². The van der Waals surface area contributed by atoms with Crippen LogP contribution in [-0.4, -0.2) is 174 Å². The first kappa shape index (κ1) is 29.6. The van der Waals surface area contributed by atoms with Crippen LogP contribution in [0.15, 0.2) is 0 Å². The Morgan fingerprint density at radius 1 is 0.618 bits per heavy atom. The van der Waals surface area contributed by atoms with Crippen LogP contribution in [0, 0.1) is 0 Å². The van der Waals surface area contributed by atoms with Gasteiger partial charge in [-0.2, -0.15) is 0 Å². The van der Waals surface area contributed by atoms with Gasteiger partial charge in [0, 0.05) is 0 Å². The van der Waals surface area contributed by atoms with Gasteiger partial charge in [-0.15, -0.1) is 0 Å². The van der Waals surface area contributed by atoms with Crippen LogP contribution < -0.4 is 0 Å². The molecule has 2 heterocycles. The van der Waals surface area contributed by atoms with Crippen molar-refractivity contribution in [3.8, 4) is 0 Å². The number of hydrogen-bond donors (Lipinski definition) is 12. The van der Waals surface area contributed by atoms with Crippen LogP contribution in [-0.2, 0) is 18.9 Å². The molecule has 0 amide bonds. The predicted molar refractivity (Wildman–Crippen MR) is 103 cm³/mol. The topological polar surface area (TPSA) is 280 Å². The summed E-state index contributed by atoms with van der Waals surface area (Å²) in [4.78, 5) is 0. The number of aliphatic hydroxyl groups is 12. The average Bonchev–Trinajstić information content (AvgIpc) is 2.84. The molecular weight excluding hydrogens is 472 g/mol. The first-order valence-electron chi connectivity index (χ1n) is 10.5. The molecule has 0 radical (unpaired) electrons. The third kappa shape index (κ3) is 6.37. The summed E-state index contributed by atoms with van der Waals surface area (Å²) in [5.74, 6) is 0. The molecule has 12 N–H and O–H groups in total. The fourth-order valence-electron chi connectivity index (χ4n) is 3.65. The van der Waals surface area contributed by atoms with E-state index in [0.717, 1.165) is 0 Å². The van der Waals surface area contributed by atoms with Crippen molar-refractivity contribution in [1.29, 1.82) is 0 Å². The Kier molecular flexibility index (Phi) is 11.4. The SMILES string of the molecule is OC[C@@H](O)[C@@H](O[C@@H]1O[C@H](CO)[C@@H](O[C@@H]2O[C@H](CO)[C@@H](O)[C@H](O)[C@@H]2O)[C@H](O)[C@H]1O)[C@H](O)[C@@H](O)CO. The molecule has 14 atom stereocenters. The van der Waals surface area contributed by atoms with Crippen LogP contribution in [0.4, 0.5) is 0 Å². The predicted octanol–water partition coefficient (Wildman–Crippen LogP) is -7.94. The van der Waals surface area contributed by atoms with Gasteiger partial charge in [-0.05, 0) is 0 Å². The first-order chi connectivity index (χ1) is 16.0. The van der Waals surface area contributed by atoms with E-state index < -0.39 is 112 Å². The lowest BCUT2D eigenvalue weighted by atomic mass is 9.96. The molecule has 202 valence electrons. The minimum absolute atomic E-state index is 0.757. The van der Waals surface area contributed by atoms with Crippen molar-refractivity contribution < 1.29 is 80.2 Å². The normalized spacial score (nSPS) is 42.7. The third-order valence-corrected chi connectivity index (χ3v) is 5.74. The number of rotatable bonds is 11. The average molecular weight is 506 g/mol. The Morgan fingerprint density at radius 2 is 1.15 bits per heavy atom. The third-order valence-electron chi connectivity index (χ3n) is 5.74. The molecular formula is C18H34O16. The van der Waals surface area contributed by atoms with Gasteiger partial charge in [0.05, 0.1) is 26.4 Å². The van der Waals surface area contributed by atoms with Gasteiger partial charge in [-0.25, -0.2) is 0 Å². The molecule has 2 fully saturated rings. The van der Waals surface area contributed by atoms with Gasteiger partial charge in [-0.3, -0.25) is 0 Å². The van der Waals surface area contributed by atoms with E-state index in [9.17, 15) is 56.2 Å². The van der Waals surface area contributed by atoms with E-state index >= 15 is 0 Å². The van der Waals surface area contributed by atoms with Gasteiger partial charge >= 0.3 is 0 Å². The molecule has 2 aliphatic rings. The summed E-state index contributed by atoms with van der Waals surface area (Å²) in [7, 11) is 0. The molecule has 0 saturated carbocycles. The van der Waals surface area contributed by atoms with Gasteiger partial charge in [0.15, 0.2) is 12.6 Å². The first-order valence-corrected chi connectivity index (χ1v) is 10.5. The molecule has 16 heteroatoms. The maximum Gasteiger partial charge on any atom is 0.187 e. The fourth-order valence-corrected chi connectivity index (χ4v) is 3.65. The molecule has 2 aliphatic heterocycles. The standard InChI is InChI=1S/C18H34O16/c19-1-5(23)9(25)15(6(24)2-20)33-18-14(30)12(28)16(8(4-22)32-18)34-17-13(29)11(27)10(26)7(3-21)31-17/h5-30H,1-4H2/t5-,6+,7+,8+,9+,10+,11-,12+,13-,14+,15+,16+,17-,18-/m0/s1. The Morgan fingerprint density at radius 3 is 1.68 bits per heavy atom. The number of ether oxygens (including phenoxy) is 4. The molecule has 0 aliphatic carbocycles. The molecule has 34 heavy (non-hydrogen) atoms. The Hall–Kier alpha value is -0.640. The maximum atomic E-state index is 10.6. The quantitative estimate of drug-likeness (QED) is 0.124. The van der Waals surface area contributed by atoms with Gasteiger partial charge in [0.2, 0.25) is 0 Å². The highest BCUT2D eigenvalue weighted by Gasteiger charge is 2.51. The van der Waals surface area contributed by atoms with Gasteiger partial charge < -0.3 is 80.2 Å². The zero-order valence-electron chi connectivity index (χ0n) is 17.9. The van der Waals surface area contributed by atoms with Crippen molar-refractivity contribution in [2.45, 2.75) is 85.8 Å². The van der Waals surface area contributed by atoms with E-state index in [1.165, 1.54) is 0 Å². The zero-order valence-corrected chi connectivity index (χ0v) is 17.9. The highest BCUT2D eigenvalue weighted by Crippen LogP contribution is 2.30. The van der Waals surface area contributed by atoms with Crippen LogP contribution in [0.2, 0.25) is 0 Å². The lowest BCUT2D eigenvalue weighted by molar-refractivity contribution is -0.367. The van der Waals surface area contributed by atoms with Crippen LogP contribution in [0.25, 0.3) is 0 Å². The summed E-state index contributed by atoms with van der Waals surface area (Å²) < 4.78 is 21.2. The van der Waals surface area contributed by atoms with E-state index in [4.69, 9.17) is 24.1 Å². The molecule has 0 bridgehead atoms.